The van der Waals surface area contributed by atoms with E-state index in [1.54, 1.807) is 0 Å². The summed E-state index contributed by atoms with van der Waals surface area (Å²) < 4.78 is 5.94. The molecule has 2 aromatic carbocycles. The predicted molar refractivity (Wildman–Crippen MR) is 161 cm³/mol. The van der Waals surface area contributed by atoms with E-state index in [0.29, 0.717) is 6.54 Å². The number of nitrogens with zero attached hydrogens (tertiary/aromatic N) is 7. The van der Waals surface area contributed by atoms with Crippen molar-refractivity contribution in [3.8, 4) is 16.9 Å². The highest BCUT2D eigenvalue weighted by molar-refractivity contribution is 5.94. The summed E-state index contributed by atoms with van der Waals surface area (Å²) in [5.74, 6) is 1.02. The Morgan fingerprint density at radius 3 is 2.49 bits per heavy atom. The van der Waals surface area contributed by atoms with Crippen LogP contribution in [0.4, 0.5) is 0 Å². The van der Waals surface area contributed by atoms with E-state index in [0.717, 1.165) is 68.3 Å². The van der Waals surface area contributed by atoms with Gasteiger partial charge in [0.1, 0.15) is 0 Å². The summed E-state index contributed by atoms with van der Waals surface area (Å²) in [5.41, 5.74) is 8.73. The molecule has 4 aromatic heterocycles. The van der Waals surface area contributed by atoms with Gasteiger partial charge in [0.25, 0.3) is 0 Å². The molecule has 1 saturated carbocycles. The highest BCUT2D eigenvalue weighted by Crippen LogP contribution is 2.37. The third-order valence-electron chi connectivity index (χ3n) is 8.21. The van der Waals surface area contributed by atoms with Crippen LogP contribution in [0, 0.1) is 19.8 Å². The summed E-state index contributed by atoms with van der Waals surface area (Å²) in [6.45, 7) is 9.95. The topological polar surface area (TPSA) is 86.6 Å². The van der Waals surface area contributed by atoms with Crippen LogP contribution in [0.2, 0.25) is 0 Å². The van der Waals surface area contributed by atoms with Crippen LogP contribution in [-0.4, -0.2) is 39.4 Å². The van der Waals surface area contributed by atoms with E-state index in [1.165, 1.54) is 18.4 Å². The molecule has 4 heterocycles. The lowest BCUT2D eigenvalue weighted by Crippen LogP contribution is -2.08. The Kier molecular flexibility index (Phi) is 6.23. The maximum atomic E-state index is 10.8. The minimum atomic E-state index is -0.638. The molecule has 0 bridgehead atoms. The number of aliphatic hydroxyl groups excluding tert-OH is 1. The van der Waals surface area contributed by atoms with Gasteiger partial charge in [-0.25, -0.2) is 9.67 Å². The third-order valence-corrected chi connectivity index (χ3v) is 8.21. The average Bonchev–Trinajstić information content (AvgIpc) is 3.37. The SMILES string of the molecule is Cc1nc2nn(CC3CC3)cc2cc1-n1nc(-c2cccc3nn(C[C@H](O)c4ccccc4)cc23)c(C(C)C)c1C. The van der Waals surface area contributed by atoms with Crippen LogP contribution in [0.25, 0.3) is 38.9 Å². The minimum Gasteiger partial charge on any atom is -0.386 e. The molecule has 1 aliphatic rings. The molecule has 0 amide bonds. The predicted octanol–water partition coefficient (Wildman–Crippen LogP) is 6.52. The van der Waals surface area contributed by atoms with Crippen molar-refractivity contribution in [3.05, 3.63) is 89.5 Å². The summed E-state index contributed by atoms with van der Waals surface area (Å²) in [4.78, 5) is 4.87. The van der Waals surface area contributed by atoms with E-state index in [-0.39, 0.29) is 5.92 Å². The Bertz CT molecular complexity index is 1870. The second kappa shape index (κ2) is 9.96. The van der Waals surface area contributed by atoms with E-state index in [9.17, 15) is 5.11 Å². The molecule has 8 nitrogen and oxygen atoms in total. The smallest absolute Gasteiger partial charge is 0.181 e. The molecule has 1 atom stereocenters. The highest BCUT2D eigenvalue weighted by Gasteiger charge is 2.25. The normalized spacial score (nSPS) is 14.5. The first kappa shape index (κ1) is 25.7. The fourth-order valence-electron chi connectivity index (χ4n) is 5.95. The van der Waals surface area contributed by atoms with Gasteiger partial charge in [0, 0.05) is 46.5 Å². The number of fused-ring (bicyclic) bond motifs is 2. The van der Waals surface area contributed by atoms with E-state index in [4.69, 9.17) is 20.3 Å². The quantitative estimate of drug-likeness (QED) is 0.235. The number of aromatic nitrogens is 7. The maximum Gasteiger partial charge on any atom is 0.181 e. The average molecular weight is 546 g/mol. The van der Waals surface area contributed by atoms with Crippen LogP contribution in [0.5, 0.6) is 0 Å². The molecule has 0 unspecified atom stereocenters. The Balaban J connectivity index is 1.30. The molecule has 0 aliphatic heterocycles. The van der Waals surface area contributed by atoms with Crippen molar-refractivity contribution >= 4 is 21.9 Å². The van der Waals surface area contributed by atoms with E-state index >= 15 is 0 Å². The first-order valence-electron chi connectivity index (χ1n) is 14.5. The summed E-state index contributed by atoms with van der Waals surface area (Å²) in [7, 11) is 0. The number of hydrogen-bond donors (Lipinski definition) is 1. The molecule has 1 N–H and O–H groups in total. The van der Waals surface area contributed by atoms with Gasteiger partial charge in [-0.1, -0.05) is 56.3 Å². The molecule has 0 spiro atoms. The fourth-order valence-corrected chi connectivity index (χ4v) is 5.95. The second-order valence-electron chi connectivity index (χ2n) is 11.7. The number of rotatable bonds is 8. The number of hydrogen-bond acceptors (Lipinski definition) is 5. The zero-order valence-corrected chi connectivity index (χ0v) is 24.0. The molecule has 6 aromatic rings. The van der Waals surface area contributed by atoms with Gasteiger partial charge in [-0.3, -0.25) is 9.36 Å². The van der Waals surface area contributed by atoms with Gasteiger partial charge in [-0.05, 0) is 56.2 Å². The number of pyridine rings is 1. The molecule has 0 radical (unpaired) electrons. The van der Waals surface area contributed by atoms with Crippen molar-refractivity contribution in [3.63, 3.8) is 0 Å². The molecule has 7 rings (SSSR count). The van der Waals surface area contributed by atoms with Gasteiger partial charge in [0.05, 0.1) is 35.2 Å². The maximum absolute atomic E-state index is 10.8. The van der Waals surface area contributed by atoms with Crippen LogP contribution in [-0.2, 0) is 13.1 Å². The highest BCUT2D eigenvalue weighted by atomic mass is 16.3. The lowest BCUT2D eigenvalue weighted by molar-refractivity contribution is 0.152. The lowest BCUT2D eigenvalue weighted by Gasteiger charge is -2.10. The van der Waals surface area contributed by atoms with E-state index in [2.05, 4.69) is 39.1 Å². The largest absolute Gasteiger partial charge is 0.386 e. The minimum absolute atomic E-state index is 0.266. The molecular formula is C33H35N7O. The lowest BCUT2D eigenvalue weighted by atomic mass is 9.95. The van der Waals surface area contributed by atoms with Gasteiger partial charge in [-0.15, -0.1) is 0 Å². The first-order valence-corrected chi connectivity index (χ1v) is 14.5. The molecule has 208 valence electrons. The molecule has 1 aliphatic carbocycles. The van der Waals surface area contributed by atoms with E-state index in [1.807, 2.05) is 69.6 Å². The molecular weight excluding hydrogens is 510 g/mol. The fraction of sp³-hybridized carbons (Fsp3) is 0.333. The van der Waals surface area contributed by atoms with Crippen molar-refractivity contribution in [1.82, 2.24) is 34.3 Å². The van der Waals surface area contributed by atoms with Gasteiger partial charge < -0.3 is 5.11 Å². The number of benzene rings is 2. The zero-order chi connectivity index (χ0) is 28.2. The molecule has 0 saturated heterocycles. The monoisotopic (exact) mass is 545 g/mol. The molecule has 1 fully saturated rings. The van der Waals surface area contributed by atoms with Crippen molar-refractivity contribution in [1.29, 1.82) is 0 Å². The van der Waals surface area contributed by atoms with Gasteiger partial charge in [0.2, 0.25) is 0 Å². The van der Waals surface area contributed by atoms with Crippen LogP contribution < -0.4 is 0 Å². The van der Waals surface area contributed by atoms with Crippen LogP contribution >= 0.6 is 0 Å². The summed E-state index contributed by atoms with van der Waals surface area (Å²) in [5, 5.41) is 27.7. The van der Waals surface area contributed by atoms with Gasteiger partial charge in [0.15, 0.2) is 5.65 Å². The zero-order valence-electron chi connectivity index (χ0n) is 24.0. The second-order valence-corrected chi connectivity index (χ2v) is 11.7. The van der Waals surface area contributed by atoms with Crippen molar-refractivity contribution in [2.24, 2.45) is 5.92 Å². The Labute approximate surface area is 239 Å². The first-order chi connectivity index (χ1) is 19.9. The Hall–Kier alpha value is -4.30. The molecule has 41 heavy (non-hydrogen) atoms. The van der Waals surface area contributed by atoms with Gasteiger partial charge in [-0.2, -0.15) is 15.3 Å². The van der Waals surface area contributed by atoms with Crippen molar-refractivity contribution < 1.29 is 5.11 Å². The standard InChI is InChI=1S/C33H35N7O/c1-20(2)31-22(4)40(29-15-25-17-38(16-23-13-14-23)37-33(25)34-21(29)3)36-32(31)26-11-8-12-28-27(26)18-39(35-28)19-30(41)24-9-6-5-7-10-24/h5-12,15,17-18,20,23,30,41H,13-14,16,19H2,1-4H3/t30-/m0/s1. The summed E-state index contributed by atoms with van der Waals surface area (Å²) >= 11 is 0. The van der Waals surface area contributed by atoms with E-state index < -0.39 is 6.10 Å². The van der Waals surface area contributed by atoms with Crippen LogP contribution in [0.1, 0.15) is 61.2 Å². The number of aryl methyl sites for hydroxylation is 1. The Morgan fingerprint density at radius 1 is 0.927 bits per heavy atom. The Morgan fingerprint density at radius 2 is 1.73 bits per heavy atom. The summed E-state index contributed by atoms with van der Waals surface area (Å²) in [6, 6.07) is 18.1. The van der Waals surface area contributed by atoms with Gasteiger partial charge >= 0.3 is 0 Å². The van der Waals surface area contributed by atoms with Crippen LogP contribution in [0.3, 0.4) is 0 Å². The molecule has 8 heteroatoms. The summed E-state index contributed by atoms with van der Waals surface area (Å²) in [6.07, 6.45) is 6.09. The van der Waals surface area contributed by atoms with Crippen molar-refractivity contribution in [2.75, 3.05) is 0 Å². The van der Waals surface area contributed by atoms with Crippen LogP contribution in [0.15, 0.2) is 67.0 Å². The third kappa shape index (κ3) is 4.72. The number of aliphatic hydroxyl groups is 1. The van der Waals surface area contributed by atoms with Crippen molar-refractivity contribution in [2.45, 2.75) is 65.6 Å².